The molecule has 10 heteroatoms. The van der Waals surface area contributed by atoms with Crippen molar-refractivity contribution in [1.29, 1.82) is 0 Å². The van der Waals surface area contributed by atoms with Crippen LogP contribution in [-0.4, -0.2) is 51.7 Å². The Labute approximate surface area is 159 Å². The van der Waals surface area contributed by atoms with Gasteiger partial charge in [0.05, 0.1) is 21.8 Å². The number of rotatable bonds is 5. The minimum Gasteiger partial charge on any atom is -0.481 e. The number of aliphatic carboxylic acids is 1. The highest BCUT2D eigenvalue weighted by Crippen LogP contribution is 2.30. The van der Waals surface area contributed by atoms with Crippen LogP contribution in [0.1, 0.15) is 29.0 Å². The smallest absolute Gasteiger partial charge is 0.311 e. The molecule has 144 valence electrons. The summed E-state index contributed by atoms with van der Waals surface area (Å²) in [7, 11) is 0. The van der Waals surface area contributed by atoms with Crippen LogP contribution >= 0.6 is 11.6 Å². The fourth-order valence-corrected chi connectivity index (χ4v) is 3.14. The van der Waals surface area contributed by atoms with Gasteiger partial charge in [-0.25, -0.2) is 9.07 Å². The van der Waals surface area contributed by atoms with E-state index in [1.165, 1.54) is 22.9 Å². The molecule has 27 heavy (non-hydrogen) atoms. The van der Waals surface area contributed by atoms with Gasteiger partial charge in [0.1, 0.15) is 5.82 Å². The monoisotopic (exact) mass is 396 g/mol. The number of benzene rings is 1. The number of nitrogens with one attached hydrogen (secondary N) is 1. The van der Waals surface area contributed by atoms with Gasteiger partial charge >= 0.3 is 5.97 Å². The molecule has 0 aliphatic carbocycles. The zero-order chi connectivity index (χ0) is 19.6. The topological polar surface area (TPSA) is 106 Å². The Balaban J connectivity index is 1.77. The van der Waals surface area contributed by atoms with E-state index in [9.17, 15) is 19.1 Å². The Morgan fingerprint density at radius 2 is 2.11 bits per heavy atom. The van der Waals surface area contributed by atoms with Crippen molar-refractivity contribution in [3.8, 4) is 5.69 Å². The Kier molecular flexibility index (Phi) is 5.43. The number of hydrogen-bond acceptors (Lipinski definition) is 5. The van der Waals surface area contributed by atoms with Crippen LogP contribution in [0, 0.1) is 18.2 Å². The van der Waals surface area contributed by atoms with Crippen molar-refractivity contribution in [2.24, 2.45) is 5.41 Å². The molecule has 1 amide bonds. The molecule has 1 aromatic carbocycles. The first-order valence-corrected chi connectivity index (χ1v) is 8.69. The summed E-state index contributed by atoms with van der Waals surface area (Å²) in [5.74, 6) is -2.06. The predicted molar refractivity (Wildman–Crippen MR) is 93.5 cm³/mol. The number of carboxylic acid groups (broad SMARTS) is 1. The summed E-state index contributed by atoms with van der Waals surface area (Å²) in [4.78, 5) is 24.2. The summed E-state index contributed by atoms with van der Waals surface area (Å²) in [6.45, 7) is 2.28. The highest BCUT2D eigenvalue weighted by atomic mass is 35.5. The van der Waals surface area contributed by atoms with Crippen LogP contribution in [0.4, 0.5) is 4.39 Å². The number of aromatic nitrogens is 3. The molecule has 0 radical (unpaired) electrons. The lowest BCUT2D eigenvalue weighted by atomic mass is 9.80. The molecule has 1 aliphatic rings. The van der Waals surface area contributed by atoms with Crippen LogP contribution in [0.2, 0.25) is 5.02 Å². The van der Waals surface area contributed by atoms with Gasteiger partial charge in [-0.05, 0) is 38.0 Å². The Morgan fingerprint density at radius 3 is 2.74 bits per heavy atom. The third kappa shape index (κ3) is 3.79. The standard InChI is InChI=1S/C17H18ClFN4O4/c1-10-14(21-22-23(10)11-2-3-13(19)12(18)8-11)15(24)20-9-17(16(25)26)4-6-27-7-5-17/h2-3,8H,4-7,9H2,1H3,(H,20,24)(H,25,26). The van der Waals surface area contributed by atoms with Gasteiger partial charge in [0, 0.05) is 19.8 Å². The molecule has 0 atom stereocenters. The van der Waals surface area contributed by atoms with E-state index in [2.05, 4.69) is 15.6 Å². The highest BCUT2D eigenvalue weighted by molar-refractivity contribution is 6.30. The molecule has 2 heterocycles. The van der Waals surface area contributed by atoms with Crippen LogP contribution in [0.25, 0.3) is 5.69 Å². The first-order chi connectivity index (χ1) is 12.8. The van der Waals surface area contributed by atoms with Crippen LogP contribution < -0.4 is 5.32 Å². The van der Waals surface area contributed by atoms with Gasteiger partial charge in [0.15, 0.2) is 5.69 Å². The molecule has 1 aromatic heterocycles. The number of halogens is 2. The van der Waals surface area contributed by atoms with Crippen LogP contribution in [0.15, 0.2) is 18.2 Å². The fraction of sp³-hybridized carbons (Fsp3) is 0.412. The minimum atomic E-state index is -1.05. The summed E-state index contributed by atoms with van der Waals surface area (Å²) in [6.07, 6.45) is 0.644. The molecule has 0 unspecified atom stereocenters. The fourth-order valence-electron chi connectivity index (χ4n) is 2.96. The summed E-state index contributed by atoms with van der Waals surface area (Å²) < 4.78 is 19.9. The molecule has 3 rings (SSSR count). The predicted octanol–water partition coefficient (Wildman–Crippen LogP) is 1.98. The molecule has 1 aliphatic heterocycles. The van der Waals surface area contributed by atoms with Crippen molar-refractivity contribution in [2.75, 3.05) is 19.8 Å². The molecule has 0 spiro atoms. The van der Waals surface area contributed by atoms with Gasteiger partial charge in [0.2, 0.25) is 0 Å². The average Bonchev–Trinajstić information content (AvgIpc) is 3.04. The second-order valence-corrected chi connectivity index (χ2v) is 6.82. The number of carbonyl (C=O) groups excluding carboxylic acids is 1. The van der Waals surface area contributed by atoms with Crippen molar-refractivity contribution in [3.63, 3.8) is 0 Å². The second-order valence-electron chi connectivity index (χ2n) is 6.41. The third-order valence-corrected chi connectivity index (χ3v) is 5.04. The number of carboxylic acids is 1. The normalized spacial score (nSPS) is 16.1. The number of nitrogens with zero attached hydrogens (tertiary/aromatic N) is 3. The van der Waals surface area contributed by atoms with E-state index in [-0.39, 0.29) is 17.3 Å². The van der Waals surface area contributed by atoms with Crippen molar-refractivity contribution in [1.82, 2.24) is 20.3 Å². The molecular formula is C17H18ClFN4O4. The lowest BCUT2D eigenvalue weighted by Gasteiger charge is -2.33. The van der Waals surface area contributed by atoms with Gasteiger partial charge in [-0.2, -0.15) is 0 Å². The van der Waals surface area contributed by atoms with Crippen molar-refractivity contribution < 1.29 is 23.8 Å². The number of amides is 1. The van der Waals surface area contributed by atoms with Crippen LogP contribution in [0.5, 0.6) is 0 Å². The van der Waals surface area contributed by atoms with E-state index < -0.39 is 23.1 Å². The Bertz CT molecular complexity index is 880. The number of ether oxygens (including phenoxy) is 1. The largest absolute Gasteiger partial charge is 0.481 e. The molecule has 1 fully saturated rings. The van der Waals surface area contributed by atoms with Crippen molar-refractivity contribution >= 4 is 23.5 Å². The summed E-state index contributed by atoms with van der Waals surface area (Å²) in [5.41, 5.74) is -0.117. The van der Waals surface area contributed by atoms with E-state index in [0.29, 0.717) is 37.4 Å². The van der Waals surface area contributed by atoms with Crippen molar-refractivity contribution in [3.05, 3.63) is 40.4 Å². The van der Waals surface area contributed by atoms with E-state index in [1.54, 1.807) is 6.92 Å². The first-order valence-electron chi connectivity index (χ1n) is 8.31. The third-order valence-electron chi connectivity index (χ3n) is 4.75. The van der Waals surface area contributed by atoms with Gasteiger partial charge < -0.3 is 15.2 Å². The molecule has 8 nitrogen and oxygen atoms in total. The molecule has 0 saturated carbocycles. The average molecular weight is 397 g/mol. The highest BCUT2D eigenvalue weighted by Gasteiger charge is 2.40. The minimum absolute atomic E-state index is 0.0286. The molecule has 1 saturated heterocycles. The summed E-state index contributed by atoms with van der Waals surface area (Å²) >= 11 is 5.78. The van der Waals surface area contributed by atoms with Crippen LogP contribution in [0.3, 0.4) is 0 Å². The molecule has 0 bridgehead atoms. The van der Waals surface area contributed by atoms with E-state index in [4.69, 9.17) is 16.3 Å². The zero-order valence-corrected chi connectivity index (χ0v) is 15.3. The van der Waals surface area contributed by atoms with Crippen molar-refractivity contribution in [2.45, 2.75) is 19.8 Å². The quantitative estimate of drug-likeness (QED) is 0.800. The second kappa shape index (κ2) is 7.61. The van der Waals surface area contributed by atoms with E-state index >= 15 is 0 Å². The maximum Gasteiger partial charge on any atom is 0.311 e. The molecular weight excluding hydrogens is 379 g/mol. The zero-order valence-electron chi connectivity index (χ0n) is 14.5. The number of hydrogen-bond donors (Lipinski definition) is 2. The Morgan fingerprint density at radius 1 is 1.41 bits per heavy atom. The van der Waals surface area contributed by atoms with E-state index in [0.717, 1.165) is 0 Å². The first kappa shape index (κ1) is 19.2. The molecule has 2 N–H and O–H groups in total. The molecule has 2 aromatic rings. The lowest BCUT2D eigenvalue weighted by Crippen LogP contribution is -2.46. The SMILES string of the molecule is Cc1c(C(=O)NCC2(C(=O)O)CCOCC2)nnn1-c1ccc(F)c(Cl)c1. The summed E-state index contributed by atoms with van der Waals surface area (Å²) in [6, 6.07) is 4.04. The lowest BCUT2D eigenvalue weighted by molar-refractivity contribution is -0.154. The van der Waals surface area contributed by atoms with E-state index in [1.807, 2.05) is 0 Å². The van der Waals surface area contributed by atoms with Gasteiger partial charge in [-0.15, -0.1) is 5.10 Å². The van der Waals surface area contributed by atoms with Gasteiger partial charge in [-0.3, -0.25) is 9.59 Å². The van der Waals surface area contributed by atoms with Crippen LogP contribution in [-0.2, 0) is 9.53 Å². The maximum absolute atomic E-state index is 13.3. The van der Waals surface area contributed by atoms with Gasteiger partial charge in [-0.1, -0.05) is 16.8 Å². The number of carbonyl (C=O) groups is 2. The van der Waals surface area contributed by atoms with Gasteiger partial charge in [0.25, 0.3) is 5.91 Å². The summed E-state index contributed by atoms with van der Waals surface area (Å²) in [5, 5.41) is 19.9. The maximum atomic E-state index is 13.3. The Hall–Kier alpha value is -2.52.